The number of hydrogen-bond acceptors (Lipinski definition) is 4. The van der Waals surface area contributed by atoms with Crippen molar-refractivity contribution in [2.24, 2.45) is 11.3 Å². The Morgan fingerprint density at radius 2 is 2.00 bits per heavy atom. The van der Waals surface area contributed by atoms with Gasteiger partial charge in [-0.1, -0.05) is 0 Å². The first-order chi connectivity index (χ1) is 7.49. The van der Waals surface area contributed by atoms with Gasteiger partial charge in [-0.25, -0.2) is 0 Å². The lowest BCUT2D eigenvalue weighted by Gasteiger charge is -2.35. The Hall–Kier alpha value is -0.610. The van der Waals surface area contributed by atoms with Crippen molar-refractivity contribution in [1.82, 2.24) is 4.90 Å². The molecule has 1 heterocycles. The molecule has 4 nitrogen and oxygen atoms in total. The minimum atomic E-state index is -0.444. The standard InChI is InChI=1S/C12H23NO3/c1-12(2,11(15)16-3)9-13-6-4-10(8-14)5-7-13/h10,14H,4-9H2,1-3H3. The summed E-state index contributed by atoms with van der Waals surface area (Å²) in [5.41, 5.74) is -0.444. The zero-order valence-corrected chi connectivity index (χ0v) is 10.5. The van der Waals surface area contributed by atoms with Crippen LogP contribution in [0.15, 0.2) is 0 Å². The van der Waals surface area contributed by atoms with Crippen molar-refractivity contribution < 1.29 is 14.6 Å². The van der Waals surface area contributed by atoms with E-state index in [2.05, 4.69) is 4.90 Å². The Morgan fingerprint density at radius 3 is 2.44 bits per heavy atom. The van der Waals surface area contributed by atoms with Gasteiger partial charge in [-0.05, 0) is 45.7 Å². The molecule has 0 aromatic carbocycles. The van der Waals surface area contributed by atoms with Gasteiger partial charge >= 0.3 is 5.97 Å². The molecule has 94 valence electrons. The van der Waals surface area contributed by atoms with E-state index in [1.165, 1.54) is 7.11 Å². The zero-order chi connectivity index (χ0) is 12.2. The largest absolute Gasteiger partial charge is 0.469 e. The topological polar surface area (TPSA) is 49.8 Å². The van der Waals surface area contributed by atoms with E-state index in [-0.39, 0.29) is 12.6 Å². The first-order valence-electron chi connectivity index (χ1n) is 5.91. The summed E-state index contributed by atoms with van der Waals surface area (Å²) in [4.78, 5) is 13.8. The first-order valence-corrected chi connectivity index (χ1v) is 5.91. The molecule has 1 saturated heterocycles. The number of esters is 1. The predicted octanol–water partition coefficient (Wildman–Crippen LogP) is 0.890. The van der Waals surface area contributed by atoms with Crippen molar-refractivity contribution in [3.8, 4) is 0 Å². The van der Waals surface area contributed by atoms with Crippen LogP contribution in [0.25, 0.3) is 0 Å². The van der Waals surface area contributed by atoms with E-state index in [0.717, 1.165) is 32.5 Å². The van der Waals surface area contributed by atoms with E-state index < -0.39 is 5.41 Å². The lowest BCUT2D eigenvalue weighted by atomic mass is 9.90. The molecule has 0 spiro atoms. The molecule has 0 saturated carbocycles. The second-order valence-electron chi connectivity index (χ2n) is 5.28. The third-order valence-corrected chi connectivity index (χ3v) is 3.32. The summed E-state index contributed by atoms with van der Waals surface area (Å²) >= 11 is 0. The molecule has 1 rings (SSSR count). The number of aliphatic hydroxyl groups is 1. The number of piperidine rings is 1. The van der Waals surface area contributed by atoms with Gasteiger partial charge in [0.05, 0.1) is 12.5 Å². The molecule has 4 heteroatoms. The van der Waals surface area contributed by atoms with Crippen molar-refractivity contribution in [2.75, 3.05) is 33.4 Å². The predicted molar refractivity (Wildman–Crippen MR) is 62.0 cm³/mol. The van der Waals surface area contributed by atoms with Gasteiger partial charge in [-0.3, -0.25) is 4.79 Å². The number of ether oxygens (including phenoxy) is 1. The van der Waals surface area contributed by atoms with Crippen LogP contribution in [0.4, 0.5) is 0 Å². The molecule has 1 aliphatic heterocycles. The van der Waals surface area contributed by atoms with Crippen LogP contribution in [0.3, 0.4) is 0 Å². The molecule has 0 aliphatic carbocycles. The van der Waals surface area contributed by atoms with Gasteiger partial charge in [0.25, 0.3) is 0 Å². The molecule has 0 amide bonds. The summed E-state index contributed by atoms with van der Waals surface area (Å²) in [5, 5.41) is 9.04. The van der Waals surface area contributed by atoms with Crippen molar-refractivity contribution >= 4 is 5.97 Å². The smallest absolute Gasteiger partial charge is 0.312 e. The molecule has 0 aromatic heterocycles. The third-order valence-electron chi connectivity index (χ3n) is 3.32. The maximum atomic E-state index is 11.5. The van der Waals surface area contributed by atoms with E-state index in [1.54, 1.807) is 0 Å². The van der Waals surface area contributed by atoms with Crippen LogP contribution >= 0.6 is 0 Å². The lowest BCUT2D eigenvalue weighted by molar-refractivity contribution is -0.152. The molecular formula is C12H23NO3. The number of nitrogens with zero attached hydrogens (tertiary/aromatic N) is 1. The van der Waals surface area contributed by atoms with Crippen molar-refractivity contribution in [3.05, 3.63) is 0 Å². The molecule has 0 atom stereocenters. The Labute approximate surface area is 97.6 Å². The Balaban J connectivity index is 2.41. The van der Waals surface area contributed by atoms with Crippen LogP contribution in [0, 0.1) is 11.3 Å². The highest BCUT2D eigenvalue weighted by Gasteiger charge is 2.32. The molecule has 1 N–H and O–H groups in total. The van der Waals surface area contributed by atoms with Gasteiger partial charge in [0.1, 0.15) is 0 Å². The summed E-state index contributed by atoms with van der Waals surface area (Å²) in [7, 11) is 1.43. The quantitative estimate of drug-likeness (QED) is 0.727. The normalized spacial score (nSPS) is 19.8. The highest BCUT2D eigenvalue weighted by Crippen LogP contribution is 2.23. The summed E-state index contributed by atoms with van der Waals surface area (Å²) in [5.74, 6) is 0.286. The zero-order valence-electron chi connectivity index (χ0n) is 10.5. The van der Waals surface area contributed by atoms with Crippen molar-refractivity contribution in [2.45, 2.75) is 26.7 Å². The van der Waals surface area contributed by atoms with Gasteiger partial charge in [0, 0.05) is 13.2 Å². The monoisotopic (exact) mass is 229 g/mol. The molecule has 1 aliphatic rings. The van der Waals surface area contributed by atoms with E-state index >= 15 is 0 Å². The highest BCUT2D eigenvalue weighted by atomic mass is 16.5. The van der Waals surface area contributed by atoms with Gasteiger partial charge in [-0.15, -0.1) is 0 Å². The summed E-state index contributed by atoms with van der Waals surface area (Å²) in [6, 6.07) is 0. The average molecular weight is 229 g/mol. The number of methoxy groups -OCH3 is 1. The summed E-state index contributed by atoms with van der Waals surface area (Å²) < 4.78 is 4.79. The first kappa shape index (κ1) is 13.5. The fourth-order valence-electron chi connectivity index (χ4n) is 2.23. The summed E-state index contributed by atoms with van der Waals surface area (Å²) in [6.45, 7) is 6.78. The van der Waals surface area contributed by atoms with Crippen LogP contribution in [0.1, 0.15) is 26.7 Å². The maximum absolute atomic E-state index is 11.5. The average Bonchev–Trinajstić information content (AvgIpc) is 2.28. The van der Waals surface area contributed by atoms with Gasteiger partial charge in [0.15, 0.2) is 0 Å². The third kappa shape index (κ3) is 3.46. The molecule has 0 radical (unpaired) electrons. The van der Waals surface area contributed by atoms with E-state index in [4.69, 9.17) is 9.84 Å². The van der Waals surface area contributed by atoms with Gasteiger partial charge in [-0.2, -0.15) is 0 Å². The molecule has 0 bridgehead atoms. The molecule has 16 heavy (non-hydrogen) atoms. The van der Waals surface area contributed by atoms with Crippen LogP contribution < -0.4 is 0 Å². The van der Waals surface area contributed by atoms with Crippen molar-refractivity contribution in [1.29, 1.82) is 0 Å². The van der Waals surface area contributed by atoms with E-state index in [0.29, 0.717) is 5.92 Å². The molecule has 0 unspecified atom stereocenters. The SMILES string of the molecule is COC(=O)C(C)(C)CN1CCC(CO)CC1. The summed E-state index contributed by atoms with van der Waals surface area (Å²) in [6.07, 6.45) is 2.04. The minimum Gasteiger partial charge on any atom is -0.469 e. The van der Waals surface area contributed by atoms with Crippen LogP contribution in [0.5, 0.6) is 0 Å². The number of carbonyl (C=O) groups excluding carboxylic acids is 1. The maximum Gasteiger partial charge on any atom is 0.312 e. The van der Waals surface area contributed by atoms with Crippen LogP contribution in [-0.4, -0.2) is 49.3 Å². The Kier molecular flexibility index (Phi) is 4.74. The van der Waals surface area contributed by atoms with Crippen molar-refractivity contribution in [3.63, 3.8) is 0 Å². The Morgan fingerprint density at radius 1 is 1.44 bits per heavy atom. The lowest BCUT2D eigenvalue weighted by Crippen LogP contribution is -2.43. The second kappa shape index (κ2) is 5.64. The van der Waals surface area contributed by atoms with E-state index in [9.17, 15) is 4.79 Å². The molecule has 1 fully saturated rings. The second-order valence-corrected chi connectivity index (χ2v) is 5.28. The number of aliphatic hydroxyl groups excluding tert-OH is 1. The number of likely N-dealkylation sites (tertiary alicyclic amines) is 1. The van der Waals surface area contributed by atoms with E-state index in [1.807, 2.05) is 13.8 Å². The molecular weight excluding hydrogens is 206 g/mol. The number of hydrogen-bond donors (Lipinski definition) is 1. The number of rotatable bonds is 4. The Bertz CT molecular complexity index is 232. The molecule has 0 aromatic rings. The van der Waals surface area contributed by atoms with Gasteiger partial charge in [0.2, 0.25) is 0 Å². The number of carbonyl (C=O) groups is 1. The van der Waals surface area contributed by atoms with Crippen LogP contribution in [-0.2, 0) is 9.53 Å². The minimum absolute atomic E-state index is 0.156. The fourth-order valence-corrected chi connectivity index (χ4v) is 2.23. The van der Waals surface area contributed by atoms with Crippen LogP contribution in [0.2, 0.25) is 0 Å². The fraction of sp³-hybridized carbons (Fsp3) is 0.917. The van der Waals surface area contributed by atoms with Gasteiger partial charge < -0.3 is 14.7 Å². The highest BCUT2D eigenvalue weighted by molar-refractivity contribution is 5.76.